The second-order valence-corrected chi connectivity index (χ2v) is 18.0. The van der Waals surface area contributed by atoms with Crippen LogP contribution < -0.4 is 25.4 Å². The molecule has 2 aromatic carbocycles. The summed E-state index contributed by atoms with van der Waals surface area (Å²) in [5, 5.41) is 8.28. The highest BCUT2D eigenvalue weighted by molar-refractivity contribution is 6.20. The van der Waals surface area contributed by atoms with Crippen molar-refractivity contribution in [1.29, 1.82) is 0 Å². The number of nitrogens with one attached hydrogen (secondary N) is 3. The summed E-state index contributed by atoms with van der Waals surface area (Å²) in [6.07, 6.45) is 7.46. The standard InChI is InChI=1S/C44H64N4O7/c1-12-42(6,7)28-21-23-33(31(26-28)43(8,9)13-2)54-25-17-20-35(49)45-29-22-24-34(55-30-18-15-14-16-19-30)32(27-29)46-38(51)36(37(50)41(3,4)5)48-39(52)44(10,11)47-40(48)53/h21-24,26-27,30,36H,12-20,25H2,1-11H3,(H,45,49)(H,46,51)(H,47,53). The number of amides is 5. The van der Waals surface area contributed by atoms with E-state index in [1.54, 1.807) is 39.0 Å². The van der Waals surface area contributed by atoms with Crippen molar-refractivity contribution in [3.63, 3.8) is 0 Å². The van der Waals surface area contributed by atoms with E-state index in [9.17, 15) is 24.0 Å². The third kappa shape index (κ3) is 10.5. The van der Waals surface area contributed by atoms with E-state index in [4.69, 9.17) is 9.47 Å². The average molecular weight is 761 g/mol. The quantitative estimate of drug-likeness (QED) is 0.0882. The predicted molar refractivity (Wildman–Crippen MR) is 217 cm³/mol. The SMILES string of the molecule is CCC(C)(C)c1ccc(OCCCC(=O)Nc2ccc(OC3CCCCC3)c(NC(=O)C(C(=O)C(C)(C)C)N3C(=O)NC(C)(C)C3=O)c2)c(C(C)(C)CC)c1. The Bertz CT molecular complexity index is 1750. The smallest absolute Gasteiger partial charge is 0.326 e. The zero-order valence-electron chi connectivity index (χ0n) is 35.0. The van der Waals surface area contributed by atoms with Crippen LogP contribution in [0, 0.1) is 5.41 Å². The number of hydrogen-bond acceptors (Lipinski definition) is 7. The lowest BCUT2D eigenvalue weighted by Crippen LogP contribution is -2.55. The van der Waals surface area contributed by atoms with E-state index in [0.717, 1.165) is 56.3 Å². The van der Waals surface area contributed by atoms with Gasteiger partial charge in [-0.15, -0.1) is 0 Å². The summed E-state index contributed by atoms with van der Waals surface area (Å²) in [5.74, 6) is -1.17. The first-order chi connectivity index (χ1) is 25.6. The van der Waals surface area contributed by atoms with Gasteiger partial charge in [0.15, 0.2) is 11.8 Å². The van der Waals surface area contributed by atoms with Gasteiger partial charge in [-0.1, -0.05) is 80.9 Å². The fourth-order valence-electron chi connectivity index (χ4n) is 6.78. The first-order valence-electron chi connectivity index (χ1n) is 20.0. The molecule has 2 aromatic rings. The highest BCUT2D eigenvalue weighted by atomic mass is 16.5. The molecule has 11 nitrogen and oxygen atoms in total. The molecule has 0 bridgehead atoms. The molecule has 1 saturated carbocycles. The van der Waals surface area contributed by atoms with E-state index >= 15 is 0 Å². The molecule has 1 aliphatic heterocycles. The molecule has 11 heteroatoms. The number of urea groups is 1. The highest BCUT2D eigenvalue weighted by Gasteiger charge is 2.53. The number of carbonyl (C=O) groups is 5. The summed E-state index contributed by atoms with van der Waals surface area (Å²) in [4.78, 5) is 68.1. The van der Waals surface area contributed by atoms with Crippen LogP contribution >= 0.6 is 0 Å². The van der Waals surface area contributed by atoms with Crippen molar-refractivity contribution in [1.82, 2.24) is 10.2 Å². The van der Waals surface area contributed by atoms with Gasteiger partial charge in [0.2, 0.25) is 5.91 Å². The van der Waals surface area contributed by atoms with Gasteiger partial charge in [0, 0.05) is 23.1 Å². The van der Waals surface area contributed by atoms with Crippen LogP contribution in [0.4, 0.5) is 16.2 Å². The highest BCUT2D eigenvalue weighted by Crippen LogP contribution is 2.39. The van der Waals surface area contributed by atoms with Crippen LogP contribution in [0.25, 0.3) is 0 Å². The van der Waals surface area contributed by atoms with Crippen molar-refractivity contribution in [2.75, 3.05) is 17.2 Å². The Morgan fingerprint density at radius 2 is 1.51 bits per heavy atom. The minimum atomic E-state index is -1.73. The largest absolute Gasteiger partial charge is 0.493 e. The maximum Gasteiger partial charge on any atom is 0.326 e. The Morgan fingerprint density at radius 3 is 2.09 bits per heavy atom. The van der Waals surface area contributed by atoms with E-state index in [2.05, 4.69) is 75.7 Å². The van der Waals surface area contributed by atoms with Crippen molar-refractivity contribution in [2.45, 2.75) is 162 Å². The monoisotopic (exact) mass is 760 g/mol. The van der Waals surface area contributed by atoms with Gasteiger partial charge in [-0.2, -0.15) is 0 Å². The number of rotatable bonds is 16. The van der Waals surface area contributed by atoms with Crippen LogP contribution in [-0.2, 0) is 30.0 Å². The lowest BCUT2D eigenvalue weighted by Gasteiger charge is -2.30. The van der Waals surface area contributed by atoms with Crippen LogP contribution in [0.15, 0.2) is 36.4 Å². The third-order valence-electron chi connectivity index (χ3n) is 11.3. The average Bonchev–Trinajstić information content (AvgIpc) is 3.32. The van der Waals surface area contributed by atoms with Crippen LogP contribution in [0.5, 0.6) is 11.5 Å². The lowest BCUT2D eigenvalue weighted by atomic mass is 9.76. The summed E-state index contributed by atoms with van der Waals surface area (Å²) in [7, 11) is 0. The molecule has 4 rings (SSSR count). The molecule has 0 aromatic heterocycles. The molecule has 2 fully saturated rings. The van der Waals surface area contributed by atoms with Gasteiger partial charge in [-0.25, -0.2) is 9.69 Å². The molecule has 0 radical (unpaired) electrons. The number of hydrogen-bond donors (Lipinski definition) is 3. The molecular weight excluding hydrogens is 697 g/mol. The van der Waals surface area contributed by atoms with Crippen molar-refractivity contribution in [2.24, 2.45) is 5.41 Å². The minimum Gasteiger partial charge on any atom is -0.493 e. The number of ketones is 1. The summed E-state index contributed by atoms with van der Waals surface area (Å²) in [5.41, 5.74) is 0.684. The van der Waals surface area contributed by atoms with Gasteiger partial charge in [0.1, 0.15) is 17.0 Å². The molecule has 2 aliphatic rings. The molecular formula is C44H64N4O7. The molecule has 302 valence electrons. The van der Waals surface area contributed by atoms with Gasteiger partial charge in [0.25, 0.3) is 11.8 Å². The summed E-state index contributed by atoms with van der Waals surface area (Å²) in [6.45, 7) is 21.6. The molecule has 1 saturated heterocycles. The lowest BCUT2D eigenvalue weighted by molar-refractivity contribution is -0.144. The van der Waals surface area contributed by atoms with Crippen LogP contribution in [-0.4, -0.2) is 58.7 Å². The van der Waals surface area contributed by atoms with E-state index < -0.39 is 40.6 Å². The molecule has 3 N–H and O–H groups in total. The predicted octanol–water partition coefficient (Wildman–Crippen LogP) is 8.82. The molecule has 0 spiro atoms. The van der Waals surface area contributed by atoms with Crippen molar-refractivity contribution < 1.29 is 33.4 Å². The molecule has 1 atom stereocenters. The molecule has 1 aliphatic carbocycles. The van der Waals surface area contributed by atoms with E-state index in [1.807, 2.05) is 0 Å². The fourth-order valence-corrected chi connectivity index (χ4v) is 6.78. The first-order valence-corrected chi connectivity index (χ1v) is 20.0. The minimum absolute atomic E-state index is 0.0459. The second kappa shape index (κ2) is 17.2. The van der Waals surface area contributed by atoms with E-state index in [-0.39, 0.29) is 34.9 Å². The number of imide groups is 1. The number of ether oxygens (including phenoxy) is 2. The van der Waals surface area contributed by atoms with Gasteiger partial charge < -0.3 is 25.4 Å². The summed E-state index contributed by atoms with van der Waals surface area (Å²) >= 11 is 0. The Morgan fingerprint density at radius 1 is 0.873 bits per heavy atom. The zero-order valence-corrected chi connectivity index (χ0v) is 35.0. The van der Waals surface area contributed by atoms with Crippen LogP contribution in [0.2, 0.25) is 0 Å². The van der Waals surface area contributed by atoms with Crippen LogP contribution in [0.3, 0.4) is 0 Å². The van der Waals surface area contributed by atoms with Crippen LogP contribution in [0.1, 0.15) is 145 Å². The zero-order chi connectivity index (χ0) is 40.9. The molecule has 1 heterocycles. The Hall–Kier alpha value is -4.41. The Labute approximate surface area is 328 Å². The maximum atomic E-state index is 14.1. The van der Waals surface area contributed by atoms with E-state index in [1.165, 1.54) is 19.4 Å². The van der Waals surface area contributed by atoms with Gasteiger partial charge in [-0.05, 0) is 99.5 Å². The normalized spacial score (nSPS) is 17.0. The first kappa shape index (κ1) is 43.3. The van der Waals surface area contributed by atoms with E-state index in [0.29, 0.717) is 29.4 Å². The topological polar surface area (TPSA) is 143 Å². The fraction of sp³-hybridized carbons (Fsp3) is 0.614. The molecule has 5 amide bonds. The third-order valence-corrected chi connectivity index (χ3v) is 11.3. The van der Waals surface area contributed by atoms with Gasteiger partial charge in [0.05, 0.1) is 18.4 Å². The Kier molecular flexibility index (Phi) is 13.5. The number of Topliss-reactive ketones (excluding diaryl/α,β-unsaturated/α-hetero) is 1. The van der Waals surface area contributed by atoms with Crippen molar-refractivity contribution in [3.05, 3.63) is 47.5 Å². The Balaban J connectivity index is 1.52. The summed E-state index contributed by atoms with van der Waals surface area (Å²) in [6, 6.07) is 8.88. The second-order valence-electron chi connectivity index (χ2n) is 18.0. The number of carbonyl (C=O) groups excluding carboxylic acids is 5. The number of anilines is 2. The van der Waals surface area contributed by atoms with Crippen molar-refractivity contribution >= 4 is 40.9 Å². The number of benzene rings is 2. The van der Waals surface area contributed by atoms with Crippen molar-refractivity contribution in [3.8, 4) is 11.5 Å². The van der Waals surface area contributed by atoms with Gasteiger partial charge >= 0.3 is 6.03 Å². The van der Waals surface area contributed by atoms with Gasteiger partial charge in [-0.3, -0.25) is 19.2 Å². The maximum absolute atomic E-state index is 14.1. The number of nitrogens with zero attached hydrogens (tertiary/aromatic N) is 1. The molecule has 1 unspecified atom stereocenters. The molecule has 55 heavy (non-hydrogen) atoms. The summed E-state index contributed by atoms with van der Waals surface area (Å²) < 4.78 is 12.6.